The van der Waals surface area contributed by atoms with Crippen molar-refractivity contribution in [2.24, 2.45) is 5.92 Å². The molecule has 1 aromatic rings. The second-order valence-electron chi connectivity index (χ2n) is 5.72. The van der Waals surface area contributed by atoms with Crippen LogP contribution in [0.4, 0.5) is 5.69 Å². The van der Waals surface area contributed by atoms with E-state index in [9.17, 15) is 4.79 Å². The van der Waals surface area contributed by atoms with E-state index in [1.807, 2.05) is 24.3 Å². The number of carbonyl (C=O) groups is 1. The van der Waals surface area contributed by atoms with Crippen molar-refractivity contribution in [2.45, 2.75) is 26.3 Å². The Bertz CT molecular complexity index is 444. The summed E-state index contributed by atoms with van der Waals surface area (Å²) in [4.78, 5) is 14.6. The number of nitrogens with zero attached hydrogens (tertiary/aromatic N) is 1. The van der Waals surface area contributed by atoms with Gasteiger partial charge in [-0.05, 0) is 57.1 Å². The average molecular weight is 275 g/mol. The summed E-state index contributed by atoms with van der Waals surface area (Å²) in [6, 6.07) is 7.96. The Morgan fingerprint density at radius 1 is 1.35 bits per heavy atom. The number of hydrogen-bond donors (Lipinski definition) is 2. The van der Waals surface area contributed by atoms with E-state index >= 15 is 0 Å². The van der Waals surface area contributed by atoms with Gasteiger partial charge in [0.25, 0.3) is 5.91 Å². The van der Waals surface area contributed by atoms with Crippen LogP contribution in [0.5, 0.6) is 0 Å². The number of rotatable bonds is 4. The van der Waals surface area contributed by atoms with E-state index in [-0.39, 0.29) is 11.9 Å². The lowest BCUT2D eigenvalue weighted by molar-refractivity contribution is 0.0884. The highest BCUT2D eigenvalue weighted by Crippen LogP contribution is 2.16. The van der Waals surface area contributed by atoms with E-state index < -0.39 is 0 Å². The second kappa shape index (κ2) is 6.75. The van der Waals surface area contributed by atoms with Crippen LogP contribution in [0, 0.1) is 5.92 Å². The van der Waals surface area contributed by atoms with Crippen LogP contribution in [0.2, 0.25) is 0 Å². The zero-order valence-corrected chi connectivity index (χ0v) is 12.6. The van der Waals surface area contributed by atoms with Crippen LogP contribution in [0.25, 0.3) is 0 Å². The maximum absolute atomic E-state index is 12.3. The van der Waals surface area contributed by atoms with Crippen molar-refractivity contribution in [3.8, 4) is 0 Å². The predicted octanol–water partition coefficient (Wildman–Crippen LogP) is 2.19. The zero-order valence-electron chi connectivity index (χ0n) is 12.6. The number of hydrogen-bond acceptors (Lipinski definition) is 3. The molecule has 4 nitrogen and oxygen atoms in total. The molecule has 2 atom stereocenters. The molecule has 20 heavy (non-hydrogen) atoms. The number of nitrogens with one attached hydrogen (secondary N) is 2. The molecule has 4 heteroatoms. The Morgan fingerprint density at radius 2 is 2.05 bits per heavy atom. The Labute approximate surface area is 121 Å². The molecule has 0 spiro atoms. The summed E-state index contributed by atoms with van der Waals surface area (Å²) in [6.07, 6.45) is 1.03. The fraction of sp³-hybridized carbons (Fsp3) is 0.562. The highest BCUT2D eigenvalue weighted by atomic mass is 16.1. The topological polar surface area (TPSA) is 44.4 Å². The monoisotopic (exact) mass is 275 g/mol. The van der Waals surface area contributed by atoms with E-state index in [2.05, 4.69) is 36.4 Å². The summed E-state index contributed by atoms with van der Waals surface area (Å²) in [6.45, 7) is 7.24. The normalized spacial score (nSPS) is 23.4. The van der Waals surface area contributed by atoms with Crippen LogP contribution in [-0.2, 0) is 0 Å². The van der Waals surface area contributed by atoms with Gasteiger partial charge in [0.05, 0.1) is 0 Å². The number of piperidine rings is 1. The molecule has 110 valence electrons. The number of carbonyl (C=O) groups excluding carboxylic acids is 1. The molecular weight excluding hydrogens is 250 g/mol. The highest BCUT2D eigenvalue weighted by molar-refractivity contribution is 5.94. The van der Waals surface area contributed by atoms with Crippen LogP contribution in [0.15, 0.2) is 24.3 Å². The van der Waals surface area contributed by atoms with Crippen molar-refractivity contribution in [1.29, 1.82) is 0 Å². The molecular formula is C16H25N3O. The van der Waals surface area contributed by atoms with Gasteiger partial charge >= 0.3 is 0 Å². The van der Waals surface area contributed by atoms with Gasteiger partial charge in [-0.3, -0.25) is 4.79 Å². The fourth-order valence-electron chi connectivity index (χ4n) is 2.76. The highest BCUT2D eigenvalue weighted by Gasteiger charge is 2.25. The van der Waals surface area contributed by atoms with Crippen LogP contribution < -0.4 is 10.6 Å². The molecule has 2 N–H and O–H groups in total. The molecule has 2 unspecified atom stereocenters. The minimum absolute atomic E-state index is 0.0365. The molecule has 1 aliphatic heterocycles. The number of amides is 1. The predicted molar refractivity (Wildman–Crippen MR) is 83.1 cm³/mol. The smallest absolute Gasteiger partial charge is 0.251 e. The second-order valence-corrected chi connectivity index (χ2v) is 5.72. The first-order valence-corrected chi connectivity index (χ1v) is 7.43. The van der Waals surface area contributed by atoms with Crippen LogP contribution in [0.3, 0.4) is 0 Å². The van der Waals surface area contributed by atoms with Crippen LogP contribution in [-0.4, -0.2) is 43.5 Å². The van der Waals surface area contributed by atoms with Gasteiger partial charge in [-0.2, -0.15) is 0 Å². The van der Waals surface area contributed by atoms with Crippen LogP contribution >= 0.6 is 0 Å². The van der Waals surface area contributed by atoms with Gasteiger partial charge in [-0.1, -0.05) is 6.92 Å². The van der Waals surface area contributed by atoms with Gasteiger partial charge in [-0.25, -0.2) is 0 Å². The van der Waals surface area contributed by atoms with Gasteiger partial charge < -0.3 is 15.5 Å². The van der Waals surface area contributed by atoms with Crippen molar-refractivity contribution in [3.05, 3.63) is 29.8 Å². The van der Waals surface area contributed by atoms with Gasteiger partial charge in [0.2, 0.25) is 0 Å². The van der Waals surface area contributed by atoms with Crippen molar-refractivity contribution in [3.63, 3.8) is 0 Å². The summed E-state index contributed by atoms with van der Waals surface area (Å²) in [5.74, 6) is 0.535. The Hall–Kier alpha value is -1.55. The number of anilines is 1. The molecule has 0 saturated carbocycles. The van der Waals surface area contributed by atoms with E-state index in [4.69, 9.17) is 0 Å². The van der Waals surface area contributed by atoms with Crippen molar-refractivity contribution >= 4 is 11.6 Å². The molecule has 0 aliphatic carbocycles. The lowest BCUT2D eigenvalue weighted by Crippen LogP contribution is -2.48. The maximum atomic E-state index is 12.3. The first kappa shape index (κ1) is 14.9. The molecule has 0 bridgehead atoms. The molecule has 1 heterocycles. The largest absolute Gasteiger partial charge is 0.385 e. The quantitative estimate of drug-likeness (QED) is 0.885. The van der Waals surface area contributed by atoms with Gasteiger partial charge in [0.1, 0.15) is 0 Å². The van der Waals surface area contributed by atoms with Crippen LogP contribution in [0.1, 0.15) is 30.6 Å². The Morgan fingerprint density at radius 3 is 2.65 bits per heavy atom. The first-order chi connectivity index (χ1) is 9.60. The molecule has 1 aromatic carbocycles. The van der Waals surface area contributed by atoms with Gasteiger partial charge in [-0.15, -0.1) is 0 Å². The summed E-state index contributed by atoms with van der Waals surface area (Å²) in [5, 5.41) is 6.40. The lowest BCUT2D eigenvalue weighted by atomic mass is 9.94. The third kappa shape index (κ3) is 3.73. The van der Waals surface area contributed by atoms with E-state index in [0.717, 1.165) is 37.3 Å². The van der Waals surface area contributed by atoms with E-state index in [0.29, 0.717) is 5.92 Å². The first-order valence-electron chi connectivity index (χ1n) is 7.43. The standard InChI is InChI=1S/C16H25N3O/c1-4-17-14-7-5-13(6-8-14)16(20)18-15-9-10-19(3)11-12(15)2/h5-8,12,15,17H,4,9-11H2,1-3H3,(H,18,20). The summed E-state index contributed by atoms with van der Waals surface area (Å²) in [5.41, 5.74) is 1.79. The SMILES string of the molecule is CCNc1ccc(C(=O)NC2CCN(C)CC2C)cc1. The minimum atomic E-state index is 0.0365. The van der Waals surface area contributed by atoms with E-state index in [1.165, 1.54) is 0 Å². The van der Waals surface area contributed by atoms with Crippen molar-refractivity contribution in [1.82, 2.24) is 10.2 Å². The summed E-state index contributed by atoms with van der Waals surface area (Å²) >= 11 is 0. The molecule has 0 aromatic heterocycles. The summed E-state index contributed by atoms with van der Waals surface area (Å²) in [7, 11) is 2.13. The van der Waals surface area contributed by atoms with Crippen molar-refractivity contribution in [2.75, 3.05) is 32.0 Å². The molecule has 2 rings (SSSR count). The fourth-order valence-corrected chi connectivity index (χ4v) is 2.76. The summed E-state index contributed by atoms with van der Waals surface area (Å²) < 4.78 is 0. The Balaban J connectivity index is 1.94. The maximum Gasteiger partial charge on any atom is 0.251 e. The third-order valence-corrected chi connectivity index (χ3v) is 3.95. The van der Waals surface area contributed by atoms with E-state index in [1.54, 1.807) is 0 Å². The molecule has 1 aliphatic rings. The number of benzene rings is 1. The third-order valence-electron chi connectivity index (χ3n) is 3.95. The van der Waals surface area contributed by atoms with Gasteiger partial charge in [0, 0.05) is 30.4 Å². The molecule has 0 radical (unpaired) electrons. The average Bonchev–Trinajstić information content (AvgIpc) is 2.43. The molecule has 1 fully saturated rings. The number of likely N-dealkylation sites (tertiary alicyclic amines) is 1. The van der Waals surface area contributed by atoms with Gasteiger partial charge in [0.15, 0.2) is 0 Å². The lowest BCUT2D eigenvalue weighted by Gasteiger charge is -2.35. The van der Waals surface area contributed by atoms with Crippen molar-refractivity contribution < 1.29 is 4.79 Å². The molecule has 1 saturated heterocycles. The minimum Gasteiger partial charge on any atom is -0.385 e. The Kier molecular flexibility index (Phi) is 5.01. The molecule has 1 amide bonds. The zero-order chi connectivity index (χ0) is 14.5.